The Morgan fingerprint density at radius 3 is 1.62 bits per heavy atom. The molecule has 3 saturated heterocycles. The molecule has 3 aliphatic heterocycles. The van der Waals surface area contributed by atoms with Crippen molar-refractivity contribution in [1.29, 1.82) is 0 Å². The highest BCUT2D eigenvalue weighted by Crippen LogP contribution is 2.34. The maximum atomic E-state index is 12.3. The van der Waals surface area contributed by atoms with Crippen LogP contribution in [0.1, 0.15) is 105 Å². The Morgan fingerprint density at radius 2 is 1.14 bits per heavy atom. The summed E-state index contributed by atoms with van der Waals surface area (Å²) >= 11 is 5.99. The maximum absolute atomic E-state index is 12.3. The first-order chi connectivity index (χ1) is 33.8. The average Bonchev–Trinajstić information content (AvgIpc) is 3.86. The number of nitrogens with one attached hydrogen (secondary N) is 2. The Hall–Kier alpha value is -5.09. The molecule has 1 amide bonds. The first-order valence-electron chi connectivity index (χ1n) is 25.8. The fraction of sp³-hybridized carbons (Fsp3) is 0.589. The minimum Gasteiger partial charge on any atom is -0.460 e. The third-order valence-electron chi connectivity index (χ3n) is 13.7. The van der Waals surface area contributed by atoms with E-state index in [9.17, 15) is 9.59 Å². The maximum Gasteiger partial charge on any atom is 0.407 e. The van der Waals surface area contributed by atoms with Gasteiger partial charge >= 0.3 is 12.1 Å². The van der Waals surface area contributed by atoms with Gasteiger partial charge < -0.3 is 49.3 Å². The highest BCUT2D eigenvalue weighted by Gasteiger charge is 2.30. The number of ether oxygens (including phenoxy) is 2. The minimum absolute atomic E-state index is 0. The van der Waals surface area contributed by atoms with Crippen LogP contribution in [0, 0.1) is 44.4 Å². The van der Waals surface area contributed by atoms with Crippen molar-refractivity contribution < 1.29 is 19.1 Å². The van der Waals surface area contributed by atoms with E-state index in [0.717, 1.165) is 85.9 Å². The summed E-state index contributed by atoms with van der Waals surface area (Å²) in [5.41, 5.74) is 14.5. The van der Waals surface area contributed by atoms with Gasteiger partial charge in [-0.25, -0.2) is 19.7 Å². The number of fused-ring (bicyclic) bond motifs is 3. The lowest BCUT2D eigenvalue weighted by Gasteiger charge is -2.38. The molecular weight excluding hydrogens is 962 g/mol. The second-order valence-corrected chi connectivity index (χ2v) is 23.4. The van der Waals surface area contributed by atoms with Crippen LogP contribution in [0.3, 0.4) is 0 Å². The minimum atomic E-state index is -0.421. The summed E-state index contributed by atoms with van der Waals surface area (Å²) in [6, 6.07) is 13.0. The number of alkyl carbamates (subject to hydrolysis) is 1. The van der Waals surface area contributed by atoms with Crippen LogP contribution in [0.5, 0.6) is 0 Å². The van der Waals surface area contributed by atoms with E-state index >= 15 is 0 Å². The average molecular weight is 1050 g/mol. The number of piperidine rings is 3. The smallest absolute Gasteiger partial charge is 0.407 e. The fourth-order valence-electron chi connectivity index (χ4n) is 10.3. The van der Waals surface area contributed by atoms with Gasteiger partial charge in [0.2, 0.25) is 0 Å². The van der Waals surface area contributed by atoms with Crippen LogP contribution in [-0.2, 0) is 35.4 Å². The van der Waals surface area contributed by atoms with Crippen LogP contribution in [0.15, 0.2) is 55.0 Å². The largest absolute Gasteiger partial charge is 0.460 e. The van der Waals surface area contributed by atoms with Gasteiger partial charge in [-0.05, 0) is 148 Å². The van der Waals surface area contributed by atoms with E-state index in [1.165, 1.54) is 39.2 Å². The Kier molecular flexibility index (Phi) is 20.1. The molecule has 6 aromatic heterocycles. The van der Waals surface area contributed by atoms with Gasteiger partial charge in [0.05, 0.1) is 11.4 Å². The molecule has 0 aliphatic carbocycles. The molecule has 0 spiro atoms. The quantitative estimate of drug-likeness (QED) is 0.141. The molecule has 6 atom stereocenters. The fourth-order valence-corrected chi connectivity index (χ4v) is 10.5. The lowest BCUT2D eigenvalue weighted by Crippen LogP contribution is -2.49. The number of esters is 1. The number of carbonyl (C=O) groups is 2. The summed E-state index contributed by atoms with van der Waals surface area (Å²) in [6.07, 6.45) is 8.90. The van der Waals surface area contributed by atoms with Crippen molar-refractivity contribution >= 4 is 80.5 Å². The Balaban J connectivity index is 0.000000187. The molecule has 4 N–H and O–H groups in total. The van der Waals surface area contributed by atoms with E-state index in [2.05, 4.69) is 117 Å². The van der Waals surface area contributed by atoms with Crippen molar-refractivity contribution in [2.24, 2.45) is 50.5 Å². The number of aryl methyl sites for hydroxylation is 6. The normalized spacial score (nSPS) is 21.2. The highest BCUT2D eigenvalue weighted by atomic mass is 35.5. The molecule has 0 radical (unpaired) electrons. The molecule has 6 aromatic rings. The second kappa shape index (κ2) is 25.0. The molecule has 15 nitrogen and oxygen atoms in total. The Labute approximate surface area is 445 Å². The second-order valence-electron chi connectivity index (χ2n) is 22.9. The molecule has 0 aromatic carbocycles. The highest BCUT2D eigenvalue weighted by molar-refractivity contribution is 6.35. The first-order valence-corrected chi connectivity index (χ1v) is 26.2. The van der Waals surface area contributed by atoms with E-state index in [1.807, 2.05) is 84.6 Å². The van der Waals surface area contributed by atoms with Gasteiger partial charge in [-0.2, -0.15) is 0 Å². The number of rotatable bonds is 5. The zero-order valence-electron chi connectivity index (χ0n) is 46.3. The van der Waals surface area contributed by atoms with Crippen LogP contribution in [0.2, 0.25) is 5.02 Å². The molecule has 402 valence electrons. The van der Waals surface area contributed by atoms with Crippen LogP contribution in [0.4, 0.5) is 16.2 Å². The van der Waals surface area contributed by atoms with Gasteiger partial charge in [-0.1, -0.05) is 32.4 Å². The van der Waals surface area contributed by atoms with Crippen LogP contribution in [0.25, 0.3) is 33.1 Å². The summed E-state index contributed by atoms with van der Waals surface area (Å²) in [5, 5.41) is 10.4. The number of carbonyl (C=O) groups excluding carboxylic acids is 2. The first kappa shape index (κ1) is 58.8. The van der Waals surface area contributed by atoms with Gasteiger partial charge in [-0.3, -0.25) is 4.79 Å². The number of halogens is 2. The van der Waals surface area contributed by atoms with E-state index < -0.39 is 11.2 Å². The van der Waals surface area contributed by atoms with E-state index in [4.69, 9.17) is 26.8 Å². The summed E-state index contributed by atoms with van der Waals surface area (Å²) in [6.45, 7) is 30.2. The molecule has 73 heavy (non-hydrogen) atoms. The molecule has 9 rings (SSSR count). The van der Waals surface area contributed by atoms with Crippen molar-refractivity contribution in [3.63, 3.8) is 0 Å². The monoisotopic (exact) mass is 1050 g/mol. The molecular formula is C56H85Cl2N11O4. The van der Waals surface area contributed by atoms with Crippen molar-refractivity contribution in [2.45, 2.75) is 132 Å². The molecule has 0 bridgehead atoms. The van der Waals surface area contributed by atoms with Crippen LogP contribution < -0.4 is 26.2 Å². The SMILES string of the molecule is C[C@@H]1CNC[C@H](NC(=O)OC(C)(C)C)C1.Cc1cc2c(Cl)ccnc2n1C.Cc1cc2c(N3C[C@@H](C)C[C@@H](CC(=O)OC(C)(C)C)C3)ccnc2n1C.Cc1cc2c(N3C[C@@H](C)C[C@@H](N)C3)ccnc2n1C.Cl. The number of pyridine rings is 3. The number of aromatic nitrogens is 6. The van der Waals surface area contributed by atoms with Crippen LogP contribution >= 0.6 is 24.0 Å². The molecule has 17 heteroatoms. The number of hydrogen-bond donors (Lipinski definition) is 3. The van der Waals surface area contributed by atoms with Crippen LogP contribution in [-0.4, -0.2) is 103 Å². The van der Waals surface area contributed by atoms with Crippen molar-refractivity contribution in [3.05, 3.63) is 77.1 Å². The summed E-state index contributed by atoms with van der Waals surface area (Å²) in [7, 11) is 6.11. The summed E-state index contributed by atoms with van der Waals surface area (Å²) in [4.78, 5) is 41.9. The number of anilines is 2. The topological polar surface area (TPSA) is 163 Å². The molecule has 0 saturated carbocycles. The lowest BCUT2D eigenvalue weighted by molar-refractivity contribution is -0.156. The van der Waals surface area contributed by atoms with Gasteiger partial charge in [0, 0.05) is 129 Å². The van der Waals surface area contributed by atoms with E-state index in [-0.39, 0.29) is 36.6 Å². The summed E-state index contributed by atoms with van der Waals surface area (Å²) in [5.74, 6) is 2.04. The molecule has 9 heterocycles. The lowest BCUT2D eigenvalue weighted by atomic mass is 9.87. The van der Waals surface area contributed by atoms with Gasteiger partial charge in [0.1, 0.15) is 28.1 Å². The van der Waals surface area contributed by atoms with Crippen molar-refractivity contribution in [3.8, 4) is 0 Å². The zero-order chi connectivity index (χ0) is 52.8. The predicted molar refractivity (Wildman–Crippen MR) is 302 cm³/mol. The van der Waals surface area contributed by atoms with Gasteiger partial charge in [0.25, 0.3) is 0 Å². The van der Waals surface area contributed by atoms with E-state index in [0.29, 0.717) is 30.1 Å². The van der Waals surface area contributed by atoms with Gasteiger partial charge in [-0.15, -0.1) is 12.4 Å². The number of amides is 1. The van der Waals surface area contributed by atoms with Gasteiger partial charge in [0.15, 0.2) is 0 Å². The third-order valence-corrected chi connectivity index (χ3v) is 14.0. The standard InChI is InChI=1S/C21H31N3O2.C15H22N4.C11H22N2O2.C9H9ClN2.ClH/c1-14-9-16(11-19(25)26-21(3,4)5)13-24(12-14)18-7-8-22-20-17(18)10-15(2)23(20)6;1-10-6-12(16)9-19(8-10)14-4-5-17-15-13(14)7-11(2)18(15)3;1-8-5-9(7-12-6-8)13-10(14)15-11(2,3)4;1-6-5-7-8(10)3-4-11-9(7)12(6)2;/h7-8,10,14,16H,9,11-13H2,1-6H3;4-5,7,10,12H,6,8-9,16H2,1-3H3;8-9,12H,5-7H2,1-4H3,(H,13,14);3-5H,1-2H3;1H/t14-,16-;10-,12+;8-,9+;;/m000../s1. The Morgan fingerprint density at radius 1 is 0.671 bits per heavy atom. The van der Waals surface area contributed by atoms with E-state index in [1.54, 1.807) is 6.20 Å². The number of hydrogen-bond acceptors (Lipinski definition) is 11. The molecule has 0 unspecified atom stereocenters. The molecule has 3 aliphatic rings. The number of nitrogens with two attached hydrogens (primary N) is 1. The summed E-state index contributed by atoms with van der Waals surface area (Å²) < 4.78 is 17.0. The third kappa shape index (κ3) is 16.0. The number of nitrogens with zero attached hydrogens (tertiary/aromatic N) is 8. The Bertz CT molecular complexity index is 2780. The van der Waals surface area contributed by atoms with Crippen molar-refractivity contribution in [2.75, 3.05) is 49.1 Å². The van der Waals surface area contributed by atoms with Crippen molar-refractivity contribution in [1.82, 2.24) is 39.3 Å². The molecule has 3 fully saturated rings. The predicted octanol–water partition coefficient (Wildman–Crippen LogP) is 10.6. The zero-order valence-corrected chi connectivity index (χ0v) is 47.9.